The van der Waals surface area contributed by atoms with Crippen molar-refractivity contribution in [1.82, 2.24) is 15.5 Å². The quantitative estimate of drug-likeness (QED) is 0.679. The second kappa shape index (κ2) is 7.09. The van der Waals surface area contributed by atoms with Crippen LogP contribution in [0.3, 0.4) is 0 Å². The smallest absolute Gasteiger partial charge is 0.157 e. The predicted molar refractivity (Wildman–Crippen MR) is 89.2 cm³/mol. The van der Waals surface area contributed by atoms with Crippen molar-refractivity contribution in [1.29, 1.82) is 0 Å². The van der Waals surface area contributed by atoms with Gasteiger partial charge >= 0.3 is 0 Å². The van der Waals surface area contributed by atoms with E-state index in [9.17, 15) is 0 Å². The lowest BCUT2D eigenvalue weighted by atomic mass is 10.2. The van der Waals surface area contributed by atoms with Crippen molar-refractivity contribution < 1.29 is 4.74 Å². The lowest BCUT2D eigenvalue weighted by Gasteiger charge is -2.00. The molecule has 3 rings (SSSR count). The maximum Gasteiger partial charge on any atom is 0.157 e. The van der Waals surface area contributed by atoms with Crippen LogP contribution in [-0.2, 0) is 11.2 Å². The molecule has 4 nitrogen and oxygen atoms in total. The Morgan fingerprint density at radius 3 is 2.90 bits per heavy atom. The van der Waals surface area contributed by atoms with Crippen molar-refractivity contribution >= 4 is 32.8 Å². The van der Waals surface area contributed by atoms with E-state index in [-0.39, 0.29) is 0 Å². The molecule has 21 heavy (non-hydrogen) atoms. The van der Waals surface area contributed by atoms with Gasteiger partial charge in [-0.3, -0.25) is 0 Å². The molecule has 3 aromatic rings. The molecule has 0 aliphatic heterocycles. The summed E-state index contributed by atoms with van der Waals surface area (Å²) in [5, 5.41) is 15.3. The molecule has 0 amide bonds. The summed E-state index contributed by atoms with van der Waals surface area (Å²) in [6, 6.07) is 10.6. The van der Waals surface area contributed by atoms with Gasteiger partial charge in [-0.1, -0.05) is 29.5 Å². The van der Waals surface area contributed by atoms with Gasteiger partial charge in [-0.05, 0) is 17.5 Å². The lowest BCUT2D eigenvalue weighted by molar-refractivity contribution is 0.199. The Morgan fingerprint density at radius 1 is 1.14 bits per heavy atom. The Labute approximate surface area is 131 Å². The molecule has 0 radical (unpaired) electrons. The summed E-state index contributed by atoms with van der Waals surface area (Å²) in [7, 11) is 1.71. The highest BCUT2D eigenvalue weighted by atomic mass is 32.1. The van der Waals surface area contributed by atoms with Gasteiger partial charge in [0, 0.05) is 31.3 Å². The summed E-state index contributed by atoms with van der Waals surface area (Å²) in [6.07, 6.45) is 0.909. The van der Waals surface area contributed by atoms with Gasteiger partial charge in [0.1, 0.15) is 5.01 Å². The minimum absolute atomic E-state index is 0.739. The molecule has 0 atom stereocenters. The second-order valence-corrected chi connectivity index (χ2v) is 6.79. The van der Waals surface area contributed by atoms with Crippen LogP contribution in [0, 0.1) is 0 Å². The van der Waals surface area contributed by atoms with E-state index in [0.29, 0.717) is 0 Å². The van der Waals surface area contributed by atoms with E-state index in [1.54, 1.807) is 29.8 Å². The molecule has 0 unspecified atom stereocenters. The predicted octanol–water partition coefficient (Wildman–Crippen LogP) is 3.20. The van der Waals surface area contributed by atoms with Gasteiger partial charge in [0.25, 0.3) is 0 Å². The first-order valence-corrected chi connectivity index (χ1v) is 8.51. The molecule has 0 bridgehead atoms. The number of thiophene rings is 1. The summed E-state index contributed by atoms with van der Waals surface area (Å²) in [5.74, 6) is 0. The van der Waals surface area contributed by atoms with E-state index in [0.717, 1.165) is 36.1 Å². The van der Waals surface area contributed by atoms with Crippen LogP contribution < -0.4 is 5.32 Å². The number of nitrogens with zero attached hydrogens (tertiary/aromatic N) is 2. The van der Waals surface area contributed by atoms with Gasteiger partial charge in [-0.2, -0.15) is 0 Å². The van der Waals surface area contributed by atoms with Gasteiger partial charge in [0.15, 0.2) is 5.01 Å². The number of fused-ring (bicyclic) bond motifs is 1. The average molecular weight is 319 g/mol. The van der Waals surface area contributed by atoms with Crippen LogP contribution in [0.5, 0.6) is 0 Å². The van der Waals surface area contributed by atoms with Crippen LogP contribution in [0.15, 0.2) is 30.3 Å². The molecule has 1 aromatic carbocycles. The van der Waals surface area contributed by atoms with Crippen LogP contribution in [0.2, 0.25) is 0 Å². The summed E-state index contributed by atoms with van der Waals surface area (Å²) < 4.78 is 6.30. The van der Waals surface area contributed by atoms with Crippen LogP contribution in [0.4, 0.5) is 0 Å². The van der Waals surface area contributed by atoms with Crippen molar-refractivity contribution in [2.45, 2.75) is 6.42 Å². The van der Waals surface area contributed by atoms with Gasteiger partial charge in [0.2, 0.25) is 0 Å². The zero-order chi connectivity index (χ0) is 14.5. The molecular weight excluding hydrogens is 302 g/mol. The normalized spacial score (nSPS) is 11.3. The van der Waals surface area contributed by atoms with Gasteiger partial charge in [0.05, 0.1) is 11.5 Å². The SMILES string of the molecule is COCCNCCc1nnc(-c2cc3ccccc3s2)s1. The number of rotatable bonds is 7. The Balaban J connectivity index is 1.64. The summed E-state index contributed by atoms with van der Waals surface area (Å²) in [6.45, 7) is 2.52. The first kappa shape index (κ1) is 14.6. The molecule has 1 N–H and O–H groups in total. The molecule has 0 fully saturated rings. The average Bonchev–Trinajstić information content (AvgIpc) is 3.13. The van der Waals surface area contributed by atoms with Crippen LogP contribution in [0.1, 0.15) is 5.01 Å². The number of ether oxygens (including phenoxy) is 1. The summed E-state index contributed by atoms with van der Waals surface area (Å²) >= 11 is 3.46. The van der Waals surface area contributed by atoms with Crippen molar-refractivity contribution in [3.63, 3.8) is 0 Å². The van der Waals surface area contributed by atoms with Gasteiger partial charge in [-0.25, -0.2) is 0 Å². The molecule has 6 heteroatoms. The molecular formula is C15H17N3OS2. The van der Waals surface area contributed by atoms with E-state index in [4.69, 9.17) is 4.74 Å². The van der Waals surface area contributed by atoms with Crippen LogP contribution in [-0.4, -0.2) is 37.0 Å². The lowest BCUT2D eigenvalue weighted by Crippen LogP contribution is -2.21. The van der Waals surface area contributed by atoms with E-state index in [1.807, 2.05) is 0 Å². The number of methoxy groups -OCH3 is 1. The largest absolute Gasteiger partial charge is 0.383 e. The maximum absolute atomic E-state index is 5.00. The fourth-order valence-corrected chi connectivity index (χ4v) is 3.98. The highest BCUT2D eigenvalue weighted by molar-refractivity contribution is 7.25. The molecule has 110 valence electrons. The Kier molecular flexibility index (Phi) is 4.92. The first-order valence-electron chi connectivity index (χ1n) is 6.88. The first-order chi connectivity index (χ1) is 10.4. The third-order valence-electron chi connectivity index (χ3n) is 3.10. The summed E-state index contributed by atoms with van der Waals surface area (Å²) in [4.78, 5) is 1.20. The third-order valence-corrected chi connectivity index (χ3v) is 5.37. The molecule has 0 aliphatic rings. The standard InChI is InChI=1S/C15H17N3OS2/c1-19-9-8-16-7-6-14-17-18-15(21-14)13-10-11-4-2-3-5-12(11)20-13/h2-5,10,16H,6-9H2,1H3. The molecule has 0 aliphatic carbocycles. The molecule has 0 saturated heterocycles. The van der Waals surface area contributed by atoms with Crippen molar-refractivity contribution in [2.75, 3.05) is 26.8 Å². The molecule has 0 saturated carbocycles. The number of benzene rings is 1. The number of hydrogen-bond donors (Lipinski definition) is 1. The molecule has 2 aromatic heterocycles. The van der Waals surface area contributed by atoms with E-state index in [1.165, 1.54) is 15.0 Å². The zero-order valence-corrected chi connectivity index (χ0v) is 13.5. The zero-order valence-electron chi connectivity index (χ0n) is 11.8. The number of nitrogens with one attached hydrogen (secondary N) is 1. The number of aromatic nitrogens is 2. The Hall–Kier alpha value is -1.34. The van der Waals surface area contributed by atoms with Crippen molar-refractivity contribution in [3.8, 4) is 9.88 Å². The van der Waals surface area contributed by atoms with Gasteiger partial charge in [-0.15, -0.1) is 21.5 Å². The molecule has 2 heterocycles. The number of hydrogen-bond acceptors (Lipinski definition) is 6. The fourth-order valence-electron chi connectivity index (χ4n) is 2.04. The van der Waals surface area contributed by atoms with E-state index < -0.39 is 0 Å². The Bertz CT molecular complexity index is 675. The fraction of sp³-hybridized carbons (Fsp3) is 0.333. The van der Waals surface area contributed by atoms with Crippen LogP contribution >= 0.6 is 22.7 Å². The third kappa shape index (κ3) is 3.65. The summed E-state index contributed by atoms with van der Waals surface area (Å²) in [5.41, 5.74) is 0. The minimum atomic E-state index is 0.739. The topological polar surface area (TPSA) is 47.0 Å². The maximum atomic E-state index is 5.00. The molecule has 0 spiro atoms. The Morgan fingerprint density at radius 2 is 2.05 bits per heavy atom. The minimum Gasteiger partial charge on any atom is -0.383 e. The second-order valence-electron chi connectivity index (χ2n) is 4.64. The van der Waals surface area contributed by atoms with Gasteiger partial charge < -0.3 is 10.1 Å². The van der Waals surface area contributed by atoms with Crippen LogP contribution in [0.25, 0.3) is 20.0 Å². The monoisotopic (exact) mass is 319 g/mol. The van der Waals surface area contributed by atoms with E-state index >= 15 is 0 Å². The van der Waals surface area contributed by atoms with Crippen molar-refractivity contribution in [3.05, 3.63) is 35.3 Å². The highest BCUT2D eigenvalue weighted by Gasteiger charge is 2.09. The van der Waals surface area contributed by atoms with E-state index in [2.05, 4.69) is 45.8 Å². The highest BCUT2D eigenvalue weighted by Crippen LogP contribution is 2.34. The van der Waals surface area contributed by atoms with Crippen molar-refractivity contribution in [2.24, 2.45) is 0 Å².